The fraction of sp³-hybridized carbons (Fsp3) is 0.217. The van der Waals surface area contributed by atoms with Crippen LogP contribution in [0.4, 0.5) is 0 Å². The molecule has 0 saturated heterocycles. The minimum atomic E-state index is -0.359. The van der Waals surface area contributed by atoms with Gasteiger partial charge in [0.15, 0.2) is 0 Å². The van der Waals surface area contributed by atoms with Crippen molar-refractivity contribution in [3.05, 3.63) is 91.3 Å². The summed E-state index contributed by atoms with van der Waals surface area (Å²) in [5.74, 6) is 0.859. The van der Waals surface area contributed by atoms with E-state index in [9.17, 15) is 9.59 Å². The Hall–Kier alpha value is -3.05. The van der Waals surface area contributed by atoms with E-state index in [0.717, 1.165) is 16.7 Å². The molecule has 0 unspecified atom stereocenters. The average Bonchev–Trinajstić information content (AvgIpc) is 2.77. The van der Waals surface area contributed by atoms with E-state index in [-0.39, 0.29) is 23.7 Å². The lowest BCUT2D eigenvalue weighted by atomic mass is 10.1. The Morgan fingerprint density at radius 1 is 1.06 bits per heavy atom. The molecule has 6 nitrogen and oxygen atoms in total. The lowest BCUT2D eigenvalue weighted by Crippen LogP contribution is -2.24. The third-order valence-corrected chi connectivity index (χ3v) is 5.43. The second-order valence-corrected chi connectivity index (χ2v) is 7.57. The number of halogens is 2. The molecule has 2 aromatic carbocycles. The van der Waals surface area contributed by atoms with Crippen LogP contribution in [0, 0.1) is 6.92 Å². The second-order valence-electron chi connectivity index (χ2n) is 6.79. The molecule has 0 bridgehead atoms. The standard InChI is InChI=1S/C23H20Cl2N2O4/c1-15-9-21(31-13-18-6-4-3-5-17(18)11-26-14-28)22(25)23(29)27(15)12-16-7-8-20(30-2)19(24)10-16/h3-10H,11-13H2,1-2H3. The van der Waals surface area contributed by atoms with Gasteiger partial charge in [0.05, 0.1) is 25.2 Å². The topological polar surface area (TPSA) is 69.9 Å². The second kappa shape index (κ2) is 10.3. The molecule has 160 valence electrons. The van der Waals surface area contributed by atoms with Gasteiger partial charge in [-0.2, -0.15) is 0 Å². The maximum Gasteiger partial charge on any atom is 0.273 e. The summed E-state index contributed by atoms with van der Waals surface area (Å²) in [4.78, 5) is 26.9. The Balaban J connectivity index is 1.83. The van der Waals surface area contributed by atoms with E-state index in [1.165, 1.54) is 6.08 Å². The van der Waals surface area contributed by atoms with E-state index in [2.05, 4.69) is 4.99 Å². The maximum atomic E-state index is 12.9. The van der Waals surface area contributed by atoms with Crippen molar-refractivity contribution in [3.63, 3.8) is 0 Å². The van der Waals surface area contributed by atoms with Gasteiger partial charge in [-0.1, -0.05) is 53.5 Å². The van der Waals surface area contributed by atoms with Gasteiger partial charge in [-0.15, -0.1) is 0 Å². The summed E-state index contributed by atoms with van der Waals surface area (Å²) in [6.07, 6.45) is 1.53. The number of isocyanates is 1. The molecule has 8 heteroatoms. The Morgan fingerprint density at radius 3 is 2.48 bits per heavy atom. The number of methoxy groups -OCH3 is 1. The van der Waals surface area contributed by atoms with E-state index >= 15 is 0 Å². The molecule has 0 spiro atoms. The zero-order valence-corrected chi connectivity index (χ0v) is 18.5. The minimum absolute atomic E-state index is 0.00592. The average molecular weight is 459 g/mol. The van der Waals surface area contributed by atoms with Gasteiger partial charge in [0.2, 0.25) is 6.08 Å². The van der Waals surface area contributed by atoms with Crippen molar-refractivity contribution >= 4 is 29.3 Å². The Labute approximate surface area is 189 Å². The minimum Gasteiger partial charge on any atom is -0.495 e. The van der Waals surface area contributed by atoms with Crippen molar-refractivity contribution in [1.29, 1.82) is 0 Å². The van der Waals surface area contributed by atoms with Crippen LogP contribution in [-0.2, 0) is 24.5 Å². The number of rotatable bonds is 8. The van der Waals surface area contributed by atoms with Crippen LogP contribution in [0.15, 0.2) is 58.3 Å². The van der Waals surface area contributed by atoms with E-state index in [4.69, 9.17) is 32.7 Å². The molecule has 0 fully saturated rings. The van der Waals surface area contributed by atoms with E-state index < -0.39 is 0 Å². The molecule has 3 aromatic rings. The quantitative estimate of drug-likeness (QED) is 0.354. The molecule has 1 aromatic heterocycles. The van der Waals surface area contributed by atoms with Gasteiger partial charge in [0, 0.05) is 11.8 Å². The van der Waals surface area contributed by atoms with Gasteiger partial charge < -0.3 is 14.0 Å². The van der Waals surface area contributed by atoms with Crippen molar-refractivity contribution in [2.75, 3.05) is 7.11 Å². The zero-order valence-electron chi connectivity index (χ0n) is 17.0. The lowest BCUT2D eigenvalue weighted by molar-refractivity contribution is 0.303. The summed E-state index contributed by atoms with van der Waals surface area (Å²) in [7, 11) is 1.54. The summed E-state index contributed by atoms with van der Waals surface area (Å²) in [5.41, 5.74) is 2.85. The smallest absolute Gasteiger partial charge is 0.273 e. The first kappa shape index (κ1) is 22.6. The summed E-state index contributed by atoms with van der Waals surface area (Å²) in [6, 6.07) is 14.5. The summed E-state index contributed by atoms with van der Waals surface area (Å²) in [6.45, 7) is 2.51. The Bertz CT molecular complexity index is 1200. The number of hydrogen-bond acceptors (Lipinski definition) is 5. The number of aryl methyl sites for hydroxylation is 1. The third-order valence-electron chi connectivity index (χ3n) is 4.79. The van der Waals surface area contributed by atoms with Crippen molar-refractivity contribution in [2.45, 2.75) is 26.6 Å². The van der Waals surface area contributed by atoms with Crippen LogP contribution < -0.4 is 15.0 Å². The van der Waals surface area contributed by atoms with Crippen LogP contribution in [0.5, 0.6) is 11.5 Å². The monoisotopic (exact) mass is 458 g/mol. The fourth-order valence-corrected chi connectivity index (χ4v) is 3.62. The molecule has 0 amide bonds. The van der Waals surface area contributed by atoms with Gasteiger partial charge in [0.1, 0.15) is 23.1 Å². The first-order valence-electron chi connectivity index (χ1n) is 9.40. The number of nitrogens with zero attached hydrogens (tertiary/aromatic N) is 2. The van der Waals surface area contributed by atoms with Crippen molar-refractivity contribution in [3.8, 4) is 11.5 Å². The first-order chi connectivity index (χ1) is 14.9. The zero-order chi connectivity index (χ0) is 22.4. The predicted octanol–water partition coefficient (Wildman–Crippen LogP) is 4.94. The number of aromatic nitrogens is 1. The third kappa shape index (κ3) is 5.36. The molecular weight excluding hydrogens is 439 g/mol. The van der Waals surface area contributed by atoms with Crippen molar-refractivity contribution < 1.29 is 14.3 Å². The van der Waals surface area contributed by atoms with Crippen LogP contribution >= 0.6 is 23.2 Å². The SMILES string of the molecule is COc1ccc(Cn2c(C)cc(OCc3ccccc3CN=C=O)c(Cl)c2=O)cc1Cl. The normalized spacial score (nSPS) is 10.5. The predicted molar refractivity (Wildman–Crippen MR) is 120 cm³/mol. The van der Waals surface area contributed by atoms with Gasteiger partial charge >= 0.3 is 0 Å². The molecule has 0 saturated carbocycles. The molecular formula is C23H20Cl2N2O4. The molecule has 0 atom stereocenters. The highest BCUT2D eigenvalue weighted by molar-refractivity contribution is 6.32. The van der Waals surface area contributed by atoms with Crippen LogP contribution in [0.2, 0.25) is 10.0 Å². The van der Waals surface area contributed by atoms with Crippen LogP contribution in [0.1, 0.15) is 22.4 Å². The molecule has 0 N–H and O–H groups in total. The number of carbonyl (C=O) groups excluding carboxylic acids is 1. The summed E-state index contributed by atoms with van der Waals surface area (Å²) < 4.78 is 12.6. The highest BCUT2D eigenvalue weighted by Gasteiger charge is 2.14. The van der Waals surface area contributed by atoms with Gasteiger partial charge in [-0.05, 0) is 35.7 Å². The fourth-order valence-electron chi connectivity index (χ4n) is 3.13. The number of benzene rings is 2. The molecule has 0 aliphatic carbocycles. The number of hydrogen-bond donors (Lipinski definition) is 0. The molecule has 3 rings (SSSR count). The maximum absolute atomic E-state index is 12.9. The highest BCUT2D eigenvalue weighted by atomic mass is 35.5. The van der Waals surface area contributed by atoms with E-state index in [1.54, 1.807) is 29.9 Å². The van der Waals surface area contributed by atoms with Crippen molar-refractivity contribution in [2.24, 2.45) is 4.99 Å². The van der Waals surface area contributed by atoms with E-state index in [1.807, 2.05) is 37.3 Å². The lowest BCUT2D eigenvalue weighted by Gasteiger charge is -2.15. The largest absolute Gasteiger partial charge is 0.495 e. The van der Waals surface area contributed by atoms with Crippen LogP contribution in [0.25, 0.3) is 0 Å². The van der Waals surface area contributed by atoms with Crippen molar-refractivity contribution in [1.82, 2.24) is 4.57 Å². The van der Waals surface area contributed by atoms with Gasteiger partial charge in [-0.3, -0.25) is 4.79 Å². The number of aliphatic imine (C=N–C) groups is 1. The summed E-state index contributed by atoms with van der Waals surface area (Å²) >= 11 is 12.5. The van der Waals surface area contributed by atoms with Gasteiger partial charge in [0.25, 0.3) is 5.56 Å². The Morgan fingerprint density at radius 2 is 1.81 bits per heavy atom. The molecule has 0 radical (unpaired) electrons. The number of pyridine rings is 1. The highest BCUT2D eigenvalue weighted by Crippen LogP contribution is 2.27. The number of ether oxygens (including phenoxy) is 2. The summed E-state index contributed by atoms with van der Waals surface area (Å²) in [5, 5.41) is 0.461. The molecule has 0 aliphatic heterocycles. The Kier molecular flexibility index (Phi) is 7.53. The van der Waals surface area contributed by atoms with Gasteiger partial charge in [-0.25, -0.2) is 9.79 Å². The molecule has 1 heterocycles. The molecule has 0 aliphatic rings. The van der Waals surface area contributed by atoms with Crippen LogP contribution in [0.3, 0.4) is 0 Å². The van der Waals surface area contributed by atoms with E-state index in [0.29, 0.717) is 28.8 Å². The van der Waals surface area contributed by atoms with Crippen LogP contribution in [-0.4, -0.2) is 17.8 Å². The molecule has 31 heavy (non-hydrogen) atoms. The first-order valence-corrected chi connectivity index (χ1v) is 10.2.